The van der Waals surface area contributed by atoms with Crippen LogP contribution in [0.15, 0.2) is 41.1 Å². The van der Waals surface area contributed by atoms with Gasteiger partial charge in [-0.25, -0.2) is 0 Å². The number of carbonyl (C=O) groups excluding carboxylic acids is 1. The van der Waals surface area contributed by atoms with Gasteiger partial charge in [0.05, 0.1) is 11.9 Å². The van der Waals surface area contributed by atoms with E-state index in [0.717, 1.165) is 30.1 Å². The number of amides is 1. The third-order valence-electron chi connectivity index (χ3n) is 3.83. The van der Waals surface area contributed by atoms with E-state index in [1.807, 2.05) is 29.4 Å². The Balaban J connectivity index is 1.52. The number of nitrogens with zero attached hydrogens (tertiary/aromatic N) is 2. The van der Waals surface area contributed by atoms with Crippen LogP contribution in [-0.2, 0) is 5.75 Å². The van der Waals surface area contributed by atoms with Gasteiger partial charge in [-0.3, -0.25) is 9.78 Å². The van der Waals surface area contributed by atoms with Gasteiger partial charge in [-0.05, 0) is 30.5 Å². The Morgan fingerprint density at radius 2 is 2.22 bits per heavy atom. The summed E-state index contributed by atoms with van der Waals surface area (Å²) >= 11 is 1.68. The number of hydrogen-bond donors (Lipinski definition) is 0. The lowest BCUT2D eigenvalue weighted by Gasteiger charge is -2.31. The molecule has 0 aromatic carbocycles. The molecular formula is C17H20N2O3S. The largest absolute Gasteiger partial charge is 0.489 e. The molecule has 1 aliphatic rings. The van der Waals surface area contributed by atoms with Crippen molar-refractivity contribution in [1.82, 2.24) is 9.88 Å². The fourth-order valence-corrected chi connectivity index (χ4v) is 3.09. The molecule has 1 amide bonds. The monoisotopic (exact) mass is 332 g/mol. The van der Waals surface area contributed by atoms with E-state index in [4.69, 9.17) is 9.15 Å². The van der Waals surface area contributed by atoms with Gasteiger partial charge in [0.15, 0.2) is 5.76 Å². The number of likely N-dealkylation sites (tertiary alicyclic amines) is 1. The van der Waals surface area contributed by atoms with Gasteiger partial charge in [-0.2, -0.15) is 11.8 Å². The first kappa shape index (κ1) is 15.9. The van der Waals surface area contributed by atoms with Gasteiger partial charge in [-0.15, -0.1) is 0 Å². The second kappa shape index (κ2) is 7.55. The molecule has 0 spiro atoms. The van der Waals surface area contributed by atoms with Crippen LogP contribution in [0, 0.1) is 0 Å². The summed E-state index contributed by atoms with van der Waals surface area (Å²) in [6.07, 6.45) is 7.22. The Bertz CT molecular complexity index is 636. The number of ether oxygens (including phenoxy) is 1. The van der Waals surface area contributed by atoms with Gasteiger partial charge in [0.1, 0.15) is 17.6 Å². The minimum absolute atomic E-state index is 0.0304. The molecule has 0 radical (unpaired) electrons. The SMILES string of the molecule is CSCc1ccc(C(=O)N2CCC(Oc3cccnc3)CC2)o1. The highest BCUT2D eigenvalue weighted by molar-refractivity contribution is 7.97. The van der Waals surface area contributed by atoms with E-state index < -0.39 is 0 Å². The molecular weight excluding hydrogens is 312 g/mol. The summed E-state index contributed by atoms with van der Waals surface area (Å²) in [5, 5.41) is 0. The molecule has 1 aliphatic heterocycles. The third kappa shape index (κ3) is 4.07. The maximum Gasteiger partial charge on any atom is 0.289 e. The smallest absolute Gasteiger partial charge is 0.289 e. The van der Waals surface area contributed by atoms with Crippen molar-refractivity contribution in [3.63, 3.8) is 0 Å². The number of thioether (sulfide) groups is 1. The summed E-state index contributed by atoms with van der Waals surface area (Å²) in [5.41, 5.74) is 0. The lowest BCUT2D eigenvalue weighted by Crippen LogP contribution is -2.41. The molecule has 0 atom stereocenters. The molecule has 122 valence electrons. The van der Waals surface area contributed by atoms with E-state index >= 15 is 0 Å². The predicted molar refractivity (Wildman–Crippen MR) is 89.7 cm³/mol. The summed E-state index contributed by atoms with van der Waals surface area (Å²) < 4.78 is 11.5. The Morgan fingerprint density at radius 1 is 1.39 bits per heavy atom. The normalized spacial score (nSPS) is 15.6. The molecule has 0 saturated carbocycles. The average Bonchev–Trinajstić information content (AvgIpc) is 3.05. The molecule has 1 saturated heterocycles. The fraction of sp³-hybridized carbons (Fsp3) is 0.412. The van der Waals surface area contributed by atoms with Gasteiger partial charge in [0, 0.05) is 32.1 Å². The highest BCUT2D eigenvalue weighted by atomic mass is 32.2. The van der Waals surface area contributed by atoms with E-state index in [2.05, 4.69) is 4.98 Å². The topological polar surface area (TPSA) is 55.6 Å². The number of hydrogen-bond acceptors (Lipinski definition) is 5. The van der Waals surface area contributed by atoms with Crippen LogP contribution in [-0.4, -0.2) is 41.2 Å². The molecule has 0 unspecified atom stereocenters. The first-order chi connectivity index (χ1) is 11.3. The van der Waals surface area contributed by atoms with Crippen molar-refractivity contribution < 1.29 is 13.9 Å². The van der Waals surface area contributed by atoms with E-state index in [-0.39, 0.29) is 12.0 Å². The molecule has 3 rings (SSSR count). The zero-order chi connectivity index (χ0) is 16.1. The molecule has 23 heavy (non-hydrogen) atoms. The minimum Gasteiger partial charge on any atom is -0.489 e. The highest BCUT2D eigenvalue weighted by Gasteiger charge is 2.26. The van der Waals surface area contributed by atoms with Crippen molar-refractivity contribution in [2.45, 2.75) is 24.7 Å². The summed E-state index contributed by atoms with van der Waals surface area (Å²) in [5.74, 6) is 2.81. The van der Waals surface area contributed by atoms with Gasteiger partial charge in [0.25, 0.3) is 5.91 Å². The van der Waals surface area contributed by atoms with Crippen LogP contribution < -0.4 is 4.74 Å². The molecule has 5 nitrogen and oxygen atoms in total. The molecule has 0 bridgehead atoms. The Kier molecular flexibility index (Phi) is 5.23. The van der Waals surface area contributed by atoms with Crippen molar-refractivity contribution in [1.29, 1.82) is 0 Å². The van der Waals surface area contributed by atoms with Crippen LogP contribution in [0.5, 0.6) is 5.75 Å². The quantitative estimate of drug-likeness (QED) is 0.841. The third-order valence-corrected chi connectivity index (χ3v) is 4.40. The standard InChI is InChI=1S/C17H20N2O3S/c1-23-12-15-4-5-16(22-15)17(20)19-9-6-13(7-10-19)21-14-3-2-8-18-11-14/h2-5,8,11,13H,6-7,9-10,12H2,1H3. The van der Waals surface area contributed by atoms with Gasteiger partial charge >= 0.3 is 0 Å². The van der Waals surface area contributed by atoms with Crippen LogP contribution >= 0.6 is 11.8 Å². The second-order valence-corrected chi connectivity index (χ2v) is 6.36. The number of carbonyl (C=O) groups is 1. The summed E-state index contributed by atoms with van der Waals surface area (Å²) in [7, 11) is 0. The van der Waals surface area contributed by atoms with E-state index in [1.165, 1.54) is 0 Å². The number of furan rings is 1. The minimum atomic E-state index is -0.0304. The van der Waals surface area contributed by atoms with Crippen LogP contribution in [0.25, 0.3) is 0 Å². The Hall–Kier alpha value is -1.95. The van der Waals surface area contributed by atoms with Gasteiger partial charge in [-0.1, -0.05) is 0 Å². The zero-order valence-corrected chi connectivity index (χ0v) is 13.9. The van der Waals surface area contributed by atoms with Crippen molar-refractivity contribution in [3.8, 4) is 5.75 Å². The number of piperidine rings is 1. The summed E-state index contributed by atoms with van der Waals surface area (Å²) in [6, 6.07) is 7.41. The lowest BCUT2D eigenvalue weighted by atomic mass is 10.1. The van der Waals surface area contributed by atoms with Crippen molar-refractivity contribution in [2.24, 2.45) is 0 Å². The molecule has 0 aliphatic carbocycles. The molecule has 1 fully saturated rings. The number of pyridine rings is 1. The average molecular weight is 332 g/mol. The summed E-state index contributed by atoms with van der Waals surface area (Å²) in [4.78, 5) is 18.3. The van der Waals surface area contributed by atoms with E-state index in [1.54, 1.807) is 30.2 Å². The second-order valence-electron chi connectivity index (χ2n) is 5.50. The Labute approximate surface area is 140 Å². The first-order valence-corrected chi connectivity index (χ1v) is 9.09. The fourth-order valence-electron chi connectivity index (χ4n) is 2.65. The molecule has 0 N–H and O–H groups in total. The van der Waals surface area contributed by atoms with E-state index in [0.29, 0.717) is 18.8 Å². The maximum absolute atomic E-state index is 12.5. The van der Waals surface area contributed by atoms with Crippen LogP contribution in [0.2, 0.25) is 0 Å². The molecule has 3 heterocycles. The lowest BCUT2D eigenvalue weighted by molar-refractivity contribution is 0.0565. The van der Waals surface area contributed by atoms with Gasteiger partial charge < -0.3 is 14.1 Å². The van der Waals surface area contributed by atoms with E-state index in [9.17, 15) is 4.79 Å². The van der Waals surface area contributed by atoms with Crippen LogP contribution in [0.4, 0.5) is 0 Å². The maximum atomic E-state index is 12.5. The van der Waals surface area contributed by atoms with Gasteiger partial charge in [0.2, 0.25) is 0 Å². The van der Waals surface area contributed by atoms with Crippen molar-refractivity contribution in [3.05, 3.63) is 48.2 Å². The Morgan fingerprint density at radius 3 is 2.91 bits per heavy atom. The zero-order valence-electron chi connectivity index (χ0n) is 13.1. The van der Waals surface area contributed by atoms with Crippen molar-refractivity contribution >= 4 is 17.7 Å². The molecule has 2 aromatic rings. The van der Waals surface area contributed by atoms with Crippen molar-refractivity contribution in [2.75, 3.05) is 19.3 Å². The molecule has 6 heteroatoms. The van der Waals surface area contributed by atoms with Crippen LogP contribution in [0.3, 0.4) is 0 Å². The summed E-state index contributed by atoms with van der Waals surface area (Å²) in [6.45, 7) is 1.37. The highest BCUT2D eigenvalue weighted by Crippen LogP contribution is 2.21. The first-order valence-electron chi connectivity index (χ1n) is 7.70. The van der Waals surface area contributed by atoms with Crippen LogP contribution in [0.1, 0.15) is 29.2 Å². The predicted octanol–water partition coefficient (Wildman–Crippen LogP) is 3.22. The number of rotatable bonds is 5. The number of aromatic nitrogens is 1. The molecule has 2 aromatic heterocycles.